The quantitative estimate of drug-likeness (QED) is 0.183. The van der Waals surface area contributed by atoms with Gasteiger partial charge in [0, 0.05) is 0 Å². The highest BCUT2D eigenvalue weighted by molar-refractivity contribution is 5.76. The van der Waals surface area contributed by atoms with E-state index in [0.29, 0.717) is 5.56 Å². The zero-order chi connectivity index (χ0) is 30.6. The van der Waals surface area contributed by atoms with E-state index in [0.717, 1.165) is 0 Å². The highest BCUT2D eigenvalue weighted by atomic mass is 16.7. The molecule has 0 radical (unpaired) electrons. The van der Waals surface area contributed by atoms with Crippen LogP contribution in [0.3, 0.4) is 0 Å². The third-order valence-electron chi connectivity index (χ3n) is 5.86. The first-order valence-electron chi connectivity index (χ1n) is 13.6. The summed E-state index contributed by atoms with van der Waals surface area (Å²) in [6.45, 7) is 16.6. The number of rotatable bonds is 14. The maximum absolute atomic E-state index is 12.7. The Morgan fingerprint density at radius 2 is 1.18 bits per heavy atom. The summed E-state index contributed by atoms with van der Waals surface area (Å²) in [5.41, 5.74) is 6.58. The number of benzene rings is 1. The van der Waals surface area contributed by atoms with E-state index in [9.17, 15) is 19.2 Å². The third-order valence-corrected chi connectivity index (χ3v) is 5.86. The SMILES string of the molecule is CC(C)COC(=O)Oc1ccc(C[C@H](N)C(=O)O[C@@H](C)C(C)OC(=O)C(C)C(C)C)cc1OC(=O)OCC(C)C. The lowest BCUT2D eigenvalue weighted by Gasteiger charge is -2.24. The van der Waals surface area contributed by atoms with Gasteiger partial charge in [0.15, 0.2) is 11.5 Å². The first kappa shape index (κ1) is 34.7. The minimum absolute atomic E-state index is 0.0135. The van der Waals surface area contributed by atoms with Crippen molar-refractivity contribution in [1.29, 1.82) is 0 Å². The van der Waals surface area contributed by atoms with E-state index < -0.39 is 36.5 Å². The maximum Gasteiger partial charge on any atom is 0.513 e. The molecule has 40 heavy (non-hydrogen) atoms. The molecule has 0 heterocycles. The molecule has 0 bridgehead atoms. The number of carbonyl (C=O) groups is 4. The van der Waals surface area contributed by atoms with Gasteiger partial charge >= 0.3 is 24.2 Å². The maximum atomic E-state index is 12.7. The van der Waals surface area contributed by atoms with Gasteiger partial charge in [-0.3, -0.25) is 9.59 Å². The molecule has 0 amide bonds. The van der Waals surface area contributed by atoms with Gasteiger partial charge in [-0.15, -0.1) is 0 Å². The molecule has 2 unspecified atom stereocenters. The van der Waals surface area contributed by atoms with Crippen LogP contribution in [0.5, 0.6) is 11.5 Å². The molecular formula is C29H45NO10. The Balaban J connectivity index is 2.93. The topological polar surface area (TPSA) is 150 Å². The summed E-state index contributed by atoms with van der Waals surface area (Å²) < 4.78 is 31.4. The largest absolute Gasteiger partial charge is 0.513 e. The Morgan fingerprint density at radius 3 is 1.65 bits per heavy atom. The van der Waals surface area contributed by atoms with Crippen LogP contribution in [-0.4, -0.2) is 55.7 Å². The molecule has 0 aliphatic heterocycles. The smallest absolute Gasteiger partial charge is 0.459 e. The van der Waals surface area contributed by atoms with E-state index in [1.165, 1.54) is 12.1 Å². The monoisotopic (exact) mass is 567 g/mol. The van der Waals surface area contributed by atoms with Crippen molar-refractivity contribution in [3.8, 4) is 11.5 Å². The summed E-state index contributed by atoms with van der Waals surface area (Å²) in [5, 5.41) is 0. The Hall–Kier alpha value is -3.34. The van der Waals surface area contributed by atoms with Crippen LogP contribution in [0, 0.1) is 23.7 Å². The summed E-state index contributed by atoms with van der Waals surface area (Å²) in [6.07, 6.45) is -3.34. The second-order valence-electron chi connectivity index (χ2n) is 11.0. The van der Waals surface area contributed by atoms with Gasteiger partial charge in [0.1, 0.15) is 18.2 Å². The molecule has 0 saturated carbocycles. The van der Waals surface area contributed by atoms with Crippen molar-refractivity contribution in [2.45, 2.75) is 87.0 Å². The zero-order valence-corrected chi connectivity index (χ0v) is 25.1. The molecule has 0 spiro atoms. The molecule has 0 aliphatic carbocycles. The van der Waals surface area contributed by atoms with Crippen molar-refractivity contribution in [1.82, 2.24) is 0 Å². The van der Waals surface area contributed by atoms with Crippen molar-refractivity contribution in [3.05, 3.63) is 23.8 Å². The van der Waals surface area contributed by atoms with Crippen molar-refractivity contribution in [2.24, 2.45) is 29.4 Å². The fourth-order valence-electron chi connectivity index (χ4n) is 2.91. The Bertz CT molecular complexity index is 991. The van der Waals surface area contributed by atoms with E-state index >= 15 is 0 Å². The number of hydrogen-bond donors (Lipinski definition) is 1. The van der Waals surface area contributed by atoms with Gasteiger partial charge in [0.2, 0.25) is 0 Å². The molecule has 0 aromatic heterocycles. The molecule has 226 valence electrons. The normalized spacial score (nSPS) is 14.2. The number of nitrogens with two attached hydrogens (primary N) is 1. The van der Waals surface area contributed by atoms with E-state index in [4.69, 9.17) is 34.2 Å². The second-order valence-corrected chi connectivity index (χ2v) is 11.0. The number of ether oxygens (including phenoxy) is 6. The number of carbonyl (C=O) groups excluding carboxylic acids is 4. The van der Waals surface area contributed by atoms with E-state index in [2.05, 4.69) is 0 Å². The number of esters is 2. The van der Waals surface area contributed by atoms with Gasteiger partial charge < -0.3 is 34.2 Å². The van der Waals surface area contributed by atoms with Crippen LogP contribution in [0.25, 0.3) is 0 Å². The molecule has 1 aromatic rings. The lowest BCUT2D eigenvalue weighted by Crippen LogP contribution is -2.40. The van der Waals surface area contributed by atoms with Crippen LogP contribution < -0.4 is 15.2 Å². The van der Waals surface area contributed by atoms with Crippen molar-refractivity contribution >= 4 is 24.2 Å². The first-order chi connectivity index (χ1) is 18.6. The lowest BCUT2D eigenvalue weighted by atomic mass is 9.98. The summed E-state index contributed by atoms with van der Waals surface area (Å²) in [5.74, 6) is -1.27. The van der Waals surface area contributed by atoms with Crippen LogP contribution in [-0.2, 0) is 35.0 Å². The predicted molar refractivity (Wildman–Crippen MR) is 147 cm³/mol. The van der Waals surface area contributed by atoms with Crippen LogP contribution >= 0.6 is 0 Å². The summed E-state index contributed by atoms with van der Waals surface area (Å²) >= 11 is 0. The molecule has 2 N–H and O–H groups in total. The molecule has 0 aliphatic rings. The summed E-state index contributed by atoms with van der Waals surface area (Å²) in [7, 11) is 0. The highest BCUT2D eigenvalue weighted by Crippen LogP contribution is 2.30. The van der Waals surface area contributed by atoms with Crippen molar-refractivity contribution in [3.63, 3.8) is 0 Å². The minimum Gasteiger partial charge on any atom is -0.459 e. The van der Waals surface area contributed by atoms with Gasteiger partial charge in [0.05, 0.1) is 19.1 Å². The Labute approximate surface area is 236 Å². The van der Waals surface area contributed by atoms with Crippen LogP contribution in [0.4, 0.5) is 9.59 Å². The summed E-state index contributed by atoms with van der Waals surface area (Å²) in [4.78, 5) is 49.2. The summed E-state index contributed by atoms with van der Waals surface area (Å²) in [6, 6.07) is 3.29. The van der Waals surface area contributed by atoms with Crippen molar-refractivity contribution in [2.75, 3.05) is 13.2 Å². The average molecular weight is 568 g/mol. The van der Waals surface area contributed by atoms with Gasteiger partial charge in [-0.2, -0.15) is 0 Å². The van der Waals surface area contributed by atoms with E-state index in [1.54, 1.807) is 26.8 Å². The van der Waals surface area contributed by atoms with Gasteiger partial charge in [-0.05, 0) is 55.7 Å². The average Bonchev–Trinajstić information content (AvgIpc) is 2.86. The fraction of sp³-hybridized carbons (Fsp3) is 0.655. The van der Waals surface area contributed by atoms with E-state index in [-0.39, 0.29) is 60.8 Å². The van der Waals surface area contributed by atoms with E-state index in [1.807, 2.05) is 41.5 Å². The molecule has 11 nitrogen and oxygen atoms in total. The van der Waals surface area contributed by atoms with Gasteiger partial charge in [-0.1, -0.05) is 54.5 Å². The van der Waals surface area contributed by atoms with Gasteiger partial charge in [-0.25, -0.2) is 9.59 Å². The Kier molecular flexibility index (Phi) is 14.5. The molecule has 11 heteroatoms. The lowest BCUT2D eigenvalue weighted by molar-refractivity contribution is -0.169. The molecule has 1 rings (SSSR count). The molecule has 4 atom stereocenters. The van der Waals surface area contributed by atoms with Gasteiger partial charge in [0.25, 0.3) is 0 Å². The zero-order valence-electron chi connectivity index (χ0n) is 25.1. The van der Waals surface area contributed by atoms with Crippen molar-refractivity contribution < 1.29 is 47.6 Å². The molecule has 0 saturated heterocycles. The molecule has 0 fully saturated rings. The van der Waals surface area contributed by atoms with Crippen LogP contribution in [0.1, 0.15) is 67.9 Å². The van der Waals surface area contributed by atoms with Crippen LogP contribution in [0.2, 0.25) is 0 Å². The Morgan fingerprint density at radius 1 is 0.700 bits per heavy atom. The van der Waals surface area contributed by atoms with Crippen LogP contribution in [0.15, 0.2) is 18.2 Å². The fourth-order valence-corrected chi connectivity index (χ4v) is 2.91. The third kappa shape index (κ3) is 12.7. The standard InChI is InChI=1S/C29H45NO10/c1-16(2)14-35-28(33)39-24-11-10-22(13-25(24)40-29(34)36-15-17(3)4)12-23(30)27(32)38-21(9)20(8)37-26(31)19(7)18(5)6/h10-11,13,16-21,23H,12,14-15,30H2,1-9H3/t19?,20?,21-,23-/m0/s1. The second kappa shape index (κ2) is 16.7. The minimum atomic E-state index is -1.08. The number of hydrogen-bond acceptors (Lipinski definition) is 11. The highest BCUT2D eigenvalue weighted by Gasteiger charge is 2.27. The molecule has 1 aromatic carbocycles. The molecular weight excluding hydrogens is 522 g/mol. The first-order valence-corrected chi connectivity index (χ1v) is 13.6. The predicted octanol–water partition coefficient (Wildman–Crippen LogP) is 5.05.